The summed E-state index contributed by atoms with van der Waals surface area (Å²) in [6.45, 7) is 10.4. The van der Waals surface area contributed by atoms with Crippen LogP contribution in [0, 0.1) is 6.92 Å². The summed E-state index contributed by atoms with van der Waals surface area (Å²) in [5.74, 6) is 6.96. The van der Waals surface area contributed by atoms with E-state index in [4.69, 9.17) is 5.84 Å². The first-order valence-electron chi connectivity index (χ1n) is 7.16. The fraction of sp³-hybridized carbons (Fsp3) is 0.533. The molecule has 2 heterocycles. The number of rotatable bonds is 3. The molecular formula is C15H24N6. The predicted molar refractivity (Wildman–Crippen MR) is 84.9 cm³/mol. The molecule has 0 spiro atoms. The largest absolute Gasteiger partial charge is 0.308 e. The Hall–Kier alpha value is -1.95. The van der Waals surface area contributed by atoms with E-state index in [1.54, 1.807) is 4.68 Å². The van der Waals surface area contributed by atoms with E-state index < -0.39 is 0 Å². The van der Waals surface area contributed by atoms with E-state index >= 15 is 0 Å². The zero-order chi connectivity index (χ0) is 15.8. The lowest BCUT2D eigenvalue weighted by molar-refractivity contribution is 0.554. The fourth-order valence-electron chi connectivity index (χ4n) is 2.47. The summed E-state index contributed by atoms with van der Waals surface area (Å²) in [6, 6.07) is 0. The van der Waals surface area contributed by atoms with Crippen molar-refractivity contribution in [2.75, 3.05) is 5.43 Å². The van der Waals surface area contributed by atoms with Crippen LogP contribution >= 0.6 is 0 Å². The number of hydrazine groups is 1. The van der Waals surface area contributed by atoms with Crippen LogP contribution in [0.3, 0.4) is 0 Å². The van der Waals surface area contributed by atoms with Gasteiger partial charge in [-0.25, -0.2) is 15.8 Å². The van der Waals surface area contributed by atoms with Crippen molar-refractivity contribution in [3.8, 4) is 11.4 Å². The monoisotopic (exact) mass is 288 g/mol. The van der Waals surface area contributed by atoms with Gasteiger partial charge in [-0.05, 0) is 13.3 Å². The van der Waals surface area contributed by atoms with E-state index in [-0.39, 0.29) is 5.41 Å². The van der Waals surface area contributed by atoms with Crippen molar-refractivity contribution in [2.24, 2.45) is 12.9 Å². The van der Waals surface area contributed by atoms with E-state index in [0.717, 1.165) is 28.9 Å². The van der Waals surface area contributed by atoms with Crippen LogP contribution in [0.25, 0.3) is 11.4 Å². The normalized spacial score (nSPS) is 11.8. The van der Waals surface area contributed by atoms with Gasteiger partial charge in [0.1, 0.15) is 5.82 Å². The van der Waals surface area contributed by atoms with Crippen molar-refractivity contribution in [1.29, 1.82) is 0 Å². The third-order valence-electron chi connectivity index (χ3n) is 3.48. The van der Waals surface area contributed by atoms with Gasteiger partial charge >= 0.3 is 0 Å². The van der Waals surface area contributed by atoms with Crippen LogP contribution in [0.5, 0.6) is 0 Å². The van der Waals surface area contributed by atoms with Gasteiger partial charge < -0.3 is 5.43 Å². The molecule has 0 bridgehead atoms. The van der Waals surface area contributed by atoms with Gasteiger partial charge in [0.25, 0.3) is 0 Å². The van der Waals surface area contributed by atoms with Crippen molar-refractivity contribution in [3.63, 3.8) is 0 Å². The highest BCUT2D eigenvalue weighted by molar-refractivity contribution is 5.62. The molecule has 0 aliphatic rings. The molecule has 0 aliphatic carbocycles. The van der Waals surface area contributed by atoms with Gasteiger partial charge in [-0.1, -0.05) is 27.7 Å². The first-order valence-corrected chi connectivity index (χ1v) is 7.16. The Balaban J connectivity index is 2.66. The average molecular weight is 288 g/mol. The Morgan fingerprint density at radius 2 is 1.95 bits per heavy atom. The molecule has 2 aromatic heterocycles. The molecule has 2 aromatic rings. The summed E-state index contributed by atoms with van der Waals surface area (Å²) in [5.41, 5.74) is 6.53. The Kier molecular flexibility index (Phi) is 4.00. The number of anilines is 1. The number of aromatic nitrogens is 4. The summed E-state index contributed by atoms with van der Waals surface area (Å²) in [6.07, 6.45) is 2.80. The summed E-state index contributed by atoms with van der Waals surface area (Å²) in [4.78, 5) is 9.23. The first-order chi connectivity index (χ1) is 9.77. The first kappa shape index (κ1) is 15.4. The highest BCUT2D eigenvalue weighted by atomic mass is 15.3. The van der Waals surface area contributed by atoms with Crippen LogP contribution in [0.2, 0.25) is 0 Å². The maximum Gasteiger partial charge on any atom is 0.165 e. The molecule has 0 saturated heterocycles. The van der Waals surface area contributed by atoms with Gasteiger partial charge in [0.15, 0.2) is 5.82 Å². The summed E-state index contributed by atoms with van der Waals surface area (Å²) in [5, 5.41) is 4.57. The van der Waals surface area contributed by atoms with E-state index in [2.05, 4.69) is 48.2 Å². The Bertz CT molecular complexity index is 651. The minimum absolute atomic E-state index is 0.0758. The molecular weight excluding hydrogens is 264 g/mol. The minimum atomic E-state index is -0.0758. The third kappa shape index (κ3) is 2.90. The quantitative estimate of drug-likeness (QED) is 0.669. The van der Waals surface area contributed by atoms with Gasteiger partial charge in [-0.2, -0.15) is 5.10 Å². The van der Waals surface area contributed by atoms with Crippen molar-refractivity contribution in [2.45, 2.75) is 46.5 Å². The van der Waals surface area contributed by atoms with Crippen molar-refractivity contribution in [1.82, 2.24) is 19.7 Å². The minimum Gasteiger partial charge on any atom is -0.308 e. The van der Waals surface area contributed by atoms with Crippen LogP contribution in [-0.2, 0) is 18.9 Å². The maximum absolute atomic E-state index is 5.61. The van der Waals surface area contributed by atoms with Crippen LogP contribution in [-0.4, -0.2) is 19.7 Å². The van der Waals surface area contributed by atoms with Crippen LogP contribution in [0.15, 0.2) is 6.20 Å². The zero-order valence-corrected chi connectivity index (χ0v) is 13.7. The Labute approximate surface area is 125 Å². The SMILES string of the molecule is CCc1c(C)nc(-c2cn(C)nc2C(C)(C)C)nc1NN. The lowest BCUT2D eigenvalue weighted by Gasteiger charge is -2.18. The van der Waals surface area contributed by atoms with Crippen LogP contribution in [0.1, 0.15) is 44.6 Å². The third-order valence-corrected chi connectivity index (χ3v) is 3.48. The highest BCUT2D eigenvalue weighted by Crippen LogP contribution is 2.31. The summed E-state index contributed by atoms with van der Waals surface area (Å²) < 4.78 is 1.80. The molecule has 6 heteroatoms. The van der Waals surface area contributed by atoms with E-state index in [9.17, 15) is 0 Å². The van der Waals surface area contributed by atoms with E-state index in [1.165, 1.54) is 0 Å². The van der Waals surface area contributed by atoms with Gasteiger partial charge in [0.05, 0.1) is 11.3 Å². The standard InChI is InChI=1S/C15H24N6/c1-7-10-9(2)17-13(18-14(10)19-16)11-8-21(6)20-12(11)15(3,4)5/h8H,7,16H2,1-6H3,(H,17,18,19). The molecule has 0 amide bonds. The van der Waals surface area contributed by atoms with Crippen molar-refractivity contribution < 1.29 is 0 Å². The smallest absolute Gasteiger partial charge is 0.165 e. The maximum atomic E-state index is 5.61. The second-order valence-corrected chi connectivity index (χ2v) is 6.27. The van der Waals surface area contributed by atoms with E-state index in [0.29, 0.717) is 11.6 Å². The van der Waals surface area contributed by atoms with Crippen molar-refractivity contribution >= 4 is 5.82 Å². The average Bonchev–Trinajstić information content (AvgIpc) is 2.79. The van der Waals surface area contributed by atoms with Gasteiger partial charge in [-0.15, -0.1) is 0 Å². The van der Waals surface area contributed by atoms with Crippen LogP contribution < -0.4 is 11.3 Å². The highest BCUT2D eigenvalue weighted by Gasteiger charge is 2.25. The lowest BCUT2D eigenvalue weighted by Crippen LogP contribution is -2.16. The summed E-state index contributed by atoms with van der Waals surface area (Å²) >= 11 is 0. The molecule has 0 atom stereocenters. The van der Waals surface area contributed by atoms with Gasteiger partial charge in [0, 0.05) is 29.9 Å². The molecule has 21 heavy (non-hydrogen) atoms. The molecule has 0 fully saturated rings. The summed E-state index contributed by atoms with van der Waals surface area (Å²) in [7, 11) is 1.91. The predicted octanol–water partition coefficient (Wildman–Crippen LogP) is 2.33. The number of aryl methyl sites for hydroxylation is 2. The number of nitrogens with two attached hydrogens (primary N) is 1. The molecule has 114 valence electrons. The fourth-order valence-corrected chi connectivity index (χ4v) is 2.47. The number of hydrogen-bond acceptors (Lipinski definition) is 5. The second kappa shape index (κ2) is 5.44. The number of nitrogen functional groups attached to an aromatic ring is 1. The molecule has 0 radical (unpaired) electrons. The Morgan fingerprint density at radius 1 is 1.29 bits per heavy atom. The zero-order valence-electron chi connectivity index (χ0n) is 13.7. The van der Waals surface area contributed by atoms with Gasteiger partial charge in [0.2, 0.25) is 0 Å². The molecule has 3 N–H and O–H groups in total. The number of nitrogens with zero attached hydrogens (tertiary/aromatic N) is 4. The number of hydrogen-bond donors (Lipinski definition) is 2. The second-order valence-electron chi connectivity index (χ2n) is 6.27. The number of nitrogens with one attached hydrogen (secondary N) is 1. The molecule has 6 nitrogen and oxygen atoms in total. The molecule has 0 aromatic carbocycles. The molecule has 0 saturated carbocycles. The Morgan fingerprint density at radius 3 is 2.48 bits per heavy atom. The van der Waals surface area contributed by atoms with E-state index in [1.807, 2.05) is 20.2 Å². The lowest BCUT2D eigenvalue weighted by atomic mass is 9.89. The molecule has 0 unspecified atom stereocenters. The van der Waals surface area contributed by atoms with Crippen LogP contribution in [0.4, 0.5) is 5.82 Å². The molecule has 2 rings (SSSR count). The molecule has 0 aliphatic heterocycles. The topological polar surface area (TPSA) is 81.7 Å². The van der Waals surface area contributed by atoms with Gasteiger partial charge in [-0.3, -0.25) is 4.68 Å². The van der Waals surface area contributed by atoms with Crippen molar-refractivity contribution in [3.05, 3.63) is 23.1 Å².